The Balaban J connectivity index is 2.28. The number of hydrogen-bond acceptors (Lipinski definition) is 3. The third kappa shape index (κ3) is 2.34. The Morgan fingerprint density at radius 1 is 1.44 bits per heavy atom. The van der Waals surface area contributed by atoms with Gasteiger partial charge in [-0.15, -0.1) is 0 Å². The summed E-state index contributed by atoms with van der Waals surface area (Å²) in [4.78, 5) is 17.9. The minimum atomic E-state index is -4.32. The molecule has 1 aliphatic carbocycles. The summed E-state index contributed by atoms with van der Waals surface area (Å²) in [6, 6.07) is 1.05. The number of rotatable bonds is 3. The molecule has 7 heteroatoms. The van der Waals surface area contributed by atoms with Gasteiger partial charge >= 0.3 is 6.18 Å². The van der Waals surface area contributed by atoms with Gasteiger partial charge in [0.15, 0.2) is 0 Å². The van der Waals surface area contributed by atoms with Gasteiger partial charge in [0.25, 0.3) is 5.56 Å². The van der Waals surface area contributed by atoms with Crippen LogP contribution in [0.2, 0.25) is 0 Å². The first-order chi connectivity index (χ1) is 8.23. The largest absolute Gasteiger partial charge is 0.411 e. The first kappa shape index (κ1) is 12.9. The van der Waals surface area contributed by atoms with E-state index in [-0.39, 0.29) is 24.6 Å². The minimum absolute atomic E-state index is 0.0159. The smallest absolute Gasteiger partial charge is 0.356 e. The van der Waals surface area contributed by atoms with E-state index in [1.165, 1.54) is 0 Å². The van der Waals surface area contributed by atoms with E-state index in [2.05, 4.69) is 15.3 Å². The van der Waals surface area contributed by atoms with Crippen molar-refractivity contribution in [2.45, 2.75) is 44.3 Å². The predicted molar refractivity (Wildman–Crippen MR) is 60.6 cm³/mol. The van der Waals surface area contributed by atoms with Crippen molar-refractivity contribution in [1.29, 1.82) is 0 Å². The molecule has 0 atom stereocenters. The molecular weight excluding hydrogens is 247 g/mol. The average molecular weight is 261 g/mol. The van der Waals surface area contributed by atoms with Crippen LogP contribution in [0.15, 0.2) is 10.9 Å². The van der Waals surface area contributed by atoms with Gasteiger partial charge in [-0.3, -0.25) is 4.79 Å². The zero-order chi connectivity index (χ0) is 13.6. The third-order valence-electron chi connectivity index (χ3n) is 2.97. The number of halogens is 3. The van der Waals surface area contributed by atoms with Crippen molar-refractivity contribution >= 4 is 5.82 Å². The second-order valence-corrected chi connectivity index (χ2v) is 4.88. The van der Waals surface area contributed by atoms with Crippen LogP contribution >= 0.6 is 0 Å². The van der Waals surface area contributed by atoms with Crippen LogP contribution < -0.4 is 10.9 Å². The molecule has 1 aromatic rings. The average Bonchev–Trinajstić information content (AvgIpc) is 2.96. The molecule has 0 saturated heterocycles. The molecule has 0 bridgehead atoms. The van der Waals surface area contributed by atoms with Crippen LogP contribution in [0.4, 0.5) is 19.0 Å². The molecule has 1 aliphatic rings. The second-order valence-electron chi connectivity index (χ2n) is 4.88. The van der Waals surface area contributed by atoms with Crippen LogP contribution in [0, 0.1) is 0 Å². The summed E-state index contributed by atoms with van der Waals surface area (Å²) in [5.41, 5.74) is -2.35. The summed E-state index contributed by atoms with van der Waals surface area (Å²) in [6.45, 7) is 3.61. The van der Waals surface area contributed by atoms with E-state index in [0.717, 1.165) is 6.07 Å². The molecule has 1 heterocycles. The lowest BCUT2D eigenvalue weighted by atomic mass is 10.2. The summed E-state index contributed by atoms with van der Waals surface area (Å²) >= 11 is 0. The van der Waals surface area contributed by atoms with Crippen molar-refractivity contribution in [2.75, 3.05) is 5.32 Å². The molecule has 0 spiro atoms. The molecule has 0 unspecified atom stereocenters. The van der Waals surface area contributed by atoms with E-state index in [9.17, 15) is 18.0 Å². The predicted octanol–water partition coefficient (Wildman–Crippen LogP) is 2.40. The summed E-state index contributed by atoms with van der Waals surface area (Å²) in [6.07, 6.45) is -4.29. The number of anilines is 1. The summed E-state index contributed by atoms with van der Waals surface area (Å²) in [5, 5.41) is 2.35. The Bertz CT molecular complexity index is 503. The highest BCUT2D eigenvalue weighted by molar-refractivity contribution is 5.41. The van der Waals surface area contributed by atoms with Crippen LogP contribution in [0.5, 0.6) is 0 Å². The van der Waals surface area contributed by atoms with Crippen molar-refractivity contribution in [3.63, 3.8) is 0 Å². The standard InChI is InChI=1S/C11H14F3N3O/c1-6(2)9-15-7(5-8(18)16-9)17-10(3-4-10)11(12,13)14/h5-6H,3-4H2,1-2H3,(H2,15,16,17,18). The number of nitrogens with zero attached hydrogens (tertiary/aromatic N) is 1. The lowest BCUT2D eigenvalue weighted by Gasteiger charge is -2.21. The molecule has 0 aromatic carbocycles. The highest BCUT2D eigenvalue weighted by Crippen LogP contribution is 2.50. The molecule has 4 nitrogen and oxygen atoms in total. The minimum Gasteiger partial charge on any atom is -0.356 e. The van der Waals surface area contributed by atoms with Crippen LogP contribution in [0.1, 0.15) is 38.4 Å². The lowest BCUT2D eigenvalue weighted by Crippen LogP contribution is -2.39. The Hall–Kier alpha value is -1.53. The maximum atomic E-state index is 12.8. The van der Waals surface area contributed by atoms with Gasteiger partial charge in [-0.2, -0.15) is 13.2 Å². The van der Waals surface area contributed by atoms with E-state index < -0.39 is 17.3 Å². The van der Waals surface area contributed by atoms with Gasteiger partial charge < -0.3 is 10.3 Å². The Kier molecular flexibility index (Phi) is 2.87. The van der Waals surface area contributed by atoms with Gasteiger partial charge in [-0.05, 0) is 12.8 Å². The van der Waals surface area contributed by atoms with Crippen molar-refractivity contribution < 1.29 is 13.2 Å². The quantitative estimate of drug-likeness (QED) is 0.878. The molecule has 18 heavy (non-hydrogen) atoms. The van der Waals surface area contributed by atoms with Crippen LogP contribution in [0.3, 0.4) is 0 Å². The molecule has 1 aromatic heterocycles. The number of H-pyrrole nitrogens is 1. The molecule has 0 amide bonds. The van der Waals surface area contributed by atoms with Crippen LogP contribution in [-0.2, 0) is 0 Å². The summed E-state index contributed by atoms with van der Waals surface area (Å²) in [7, 11) is 0. The Morgan fingerprint density at radius 2 is 2.06 bits per heavy atom. The number of hydrogen-bond donors (Lipinski definition) is 2. The van der Waals surface area contributed by atoms with Crippen LogP contribution in [0.25, 0.3) is 0 Å². The molecular formula is C11H14F3N3O. The Morgan fingerprint density at radius 3 is 2.50 bits per heavy atom. The van der Waals surface area contributed by atoms with Gasteiger partial charge in [0.2, 0.25) is 0 Å². The zero-order valence-corrected chi connectivity index (χ0v) is 10.1. The molecule has 2 N–H and O–H groups in total. The van der Waals surface area contributed by atoms with E-state index in [1.54, 1.807) is 13.8 Å². The fraction of sp³-hybridized carbons (Fsp3) is 0.636. The monoisotopic (exact) mass is 261 g/mol. The van der Waals surface area contributed by atoms with Crippen molar-refractivity contribution in [1.82, 2.24) is 9.97 Å². The van der Waals surface area contributed by atoms with Crippen molar-refractivity contribution in [3.8, 4) is 0 Å². The van der Waals surface area contributed by atoms with Gasteiger partial charge in [0, 0.05) is 12.0 Å². The van der Waals surface area contributed by atoms with E-state index in [1.807, 2.05) is 0 Å². The van der Waals surface area contributed by atoms with Gasteiger partial charge in [0.1, 0.15) is 17.2 Å². The topological polar surface area (TPSA) is 57.8 Å². The molecule has 1 fully saturated rings. The maximum Gasteiger partial charge on any atom is 0.411 e. The fourth-order valence-electron chi connectivity index (χ4n) is 1.66. The summed E-state index contributed by atoms with van der Waals surface area (Å²) < 4.78 is 38.3. The molecule has 1 saturated carbocycles. The molecule has 100 valence electrons. The van der Waals surface area contributed by atoms with Crippen molar-refractivity contribution in [3.05, 3.63) is 22.2 Å². The lowest BCUT2D eigenvalue weighted by molar-refractivity contribution is -0.151. The van der Waals surface area contributed by atoms with E-state index >= 15 is 0 Å². The highest BCUT2D eigenvalue weighted by atomic mass is 19.4. The fourth-order valence-corrected chi connectivity index (χ4v) is 1.66. The second kappa shape index (κ2) is 4.00. The van der Waals surface area contributed by atoms with E-state index in [4.69, 9.17) is 0 Å². The number of nitrogens with one attached hydrogen (secondary N) is 2. The molecule has 2 rings (SSSR count). The van der Waals surface area contributed by atoms with Gasteiger partial charge in [-0.25, -0.2) is 4.98 Å². The molecule has 0 aliphatic heterocycles. The summed E-state index contributed by atoms with van der Waals surface area (Å²) in [5.74, 6) is 0.306. The first-order valence-corrected chi connectivity index (χ1v) is 5.70. The third-order valence-corrected chi connectivity index (χ3v) is 2.97. The molecule has 0 radical (unpaired) electrons. The normalized spacial score (nSPS) is 17.9. The van der Waals surface area contributed by atoms with Crippen molar-refractivity contribution in [2.24, 2.45) is 0 Å². The zero-order valence-electron chi connectivity index (χ0n) is 10.1. The SMILES string of the molecule is CC(C)c1nc(NC2(C(F)(F)F)CC2)cc(=O)[nH]1. The van der Waals surface area contributed by atoms with Crippen LogP contribution in [-0.4, -0.2) is 21.7 Å². The highest BCUT2D eigenvalue weighted by Gasteiger charge is 2.63. The number of aromatic amines is 1. The number of aromatic nitrogens is 2. The van der Waals surface area contributed by atoms with Gasteiger partial charge in [-0.1, -0.05) is 13.8 Å². The van der Waals surface area contributed by atoms with E-state index in [0.29, 0.717) is 5.82 Å². The maximum absolute atomic E-state index is 12.8. The number of alkyl halides is 3. The first-order valence-electron chi connectivity index (χ1n) is 5.70. The van der Waals surface area contributed by atoms with Gasteiger partial charge in [0.05, 0.1) is 0 Å². The Labute approximate surface area is 102 Å².